The van der Waals surface area contributed by atoms with E-state index in [1.54, 1.807) is 66.3 Å². The fourth-order valence-electron chi connectivity index (χ4n) is 5.19. The van der Waals surface area contributed by atoms with E-state index in [0.717, 1.165) is 0 Å². The lowest BCUT2D eigenvalue weighted by Gasteiger charge is -2.35. The zero-order valence-corrected chi connectivity index (χ0v) is 26.9. The first-order valence-electron chi connectivity index (χ1n) is 14.7. The SMILES string of the molecule is C[C@@H](Cn1cncn1)Oc1cc(-c2cnc(Nc3cn(C4CCN(CC(C)(C)O)CC4)nc3OCC(F)(F)F)nc2)ccc1C#N.Cl. The Morgan fingerprint density at radius 1 is 1.15 bits per heavy atom. The first-order valence-corrected chi connectivity index (χ1v) is 14.7. The molecule has 0 bridgehead atoms. The van der Waals surface area contributed by atoms with Crippen molar-refractivity contribution >= 4 is 24.0 Å². The summed E-state index contributed by atoms with van der Waals surface area (Å²) in [6.45, 7) is 6.25. The third-order valence-electron chi connectivity index (χ3n) is 7.18. The molecule has 4 heterocycles. The van der Waals surface area contributed by atoms with Gasteiger partial charge in [0.15, 0.2) is 6.61 Å². The van der Waals surface area contributed by atoms with Crippen molar-refractivity contribution in [1.29, 1.82) is 5.26 Å². The molecule has 0 radical (unpaired) electrons. The topological polar surface area (TPSA) is 152 Å². The summed E-state index contributed by atoms with van der Waals surface area (Å²) < 4.78 is 53.4. The van der Waals surface area contributed by atoms with E-state index >= 15 is 0 Å². The van der Waals surface area contributed by atoms with Gasteiger partial charge >= 0.3 is 6.18 Å². The number of nitriles is 1. The average molecular weight is 677 g/mol. The van der Waals surface area contributed by atoms with Crippen LogP contribution in [0.3, 0.4) is 0 Å². The molecule has 2 N–H and O–H groups in total. The summed E-state index contributed by atoms with van der Waals surface area (Å²) in [4.78, 5) is 14.8. The van der Waals surface area contributed by atoms with Gasteiger partial charge in [0.25, 0.3) is 5.88 Å². The first-order chi connectivity index (χ1) is 21.8. The minimum Gasteiger partial charge on any atom is -0.487 e. The maximum atomic E-state index is 13.0. The van der Waals surface area contributed by atoms with E-state index in [1.807, 2.05) is 6.92 Å². The van der Waals surface area contributed by atoms with Gasteiger partial charge in [-0.15, -0.1) is 17.5 Å². The largest absolute Gasteiger partial charge is 0.487 e. The van der Waals surface area contributed by atoms with E-state index in [4.69, 9.17) is 9.47 Å². The second-order valence-electron chi connectivity index (χ2n) is 11.8. The number of anilines is 2. The molecule has 1 aromatic carbocycles. The van der Waals surface area contributed by atoms with Crippen molar-refractivity contribution in [2.45, 2.75) is 64.1 Å². The number of hydrogen-bond donors (Lipinski definition) is 2. The van der Waals surface area contributed by atoms with Crippen molar-refractivity contribution in [3.8, 4) is 28.8 Å². The van der Waals surface area contributed by atoms with Crippen molar-refractivity contribution in [3.05, 3.63) is 55.0 Å². The van der Waals surface area contributed by atoms with Crippen LogP contribution in [0.25, 0.3) is 11.1 Å². The van der Waals surface area contributed by atoms with Gasteiger partial charge in [0.05, 0.1) is 29.9 Å². The molecule has 5 rings (SSSR count). The van der Waals surface area contributed by atoms with Gasteiger partial charge in [0.2, 0.25) is 5.95 Å². The minimum atomic E-state index is -4.54. The molecule has 0 aliphatic carbocycles. The second-order valence-corrected chi connectivity index (χ2v) is 11.8. The molecule has 17 heteroatoms. The lowest BCUT2D eigenvalue weighted by molar-refractivity contribution is -0.154. The molecule has 0 saturated carbocycles. The number of hydrogen-bond acceptors (Lipinski definition) is 11. The Labute approximate surface area is 275 Å². The molecular weight excluding hydrogens is 641 g/mol. The predicted molar refractivity (Wildman–Crippen MR) is 168 cm³/mol. The highest BCUT2D eigenvalue weighted by molar-refractivity contribution is 5.85. The van der Waals surface area contributed by atoms with Crippen LogP contribution < -0.4 is 14.8 Å². The number of halogens is 4. The standard InChI is InChI=1S/C30H35F3N10O3.ClH/c1-20(14-42-19-35-18-38-42)46-26-10-21(4-5-22(26)11-34)23-12-36-28(37-13-23)39-25-15-43(40-27(25)45-17-30(31,32)33)24-6-8-41(9-7-24)16-29(2,3)44;/h4-5,10,12-13,15,18-20,24,44H,6-9,14,16-17H2,1-3H3,(H,36,37,39);1H/t20-;/m0./s1. The van der Waals surface area contributed by atoms with Crippen LogP contribution >= 0.6 is 12.4 Å². The number of nitrogens with one attached hydrogen (secondary N) is 1. The first kappa shape index (κ1) is 35.4. The average Bonchev–Trinajstić information content (AvgIpc) is 3.65. The van der Waals surface area contributed by atoms with Crippen molar-refractivity contribution in [2.24, 2.45) is 0 Å². The third-order valence-corrected chi connectivity index (χ3v) is 7.18. The molecule has 1 saturated heterocycles. The van der Waals surface area contributed by atoms with Crippen molar-refractivity contribution < 1.29 is 27.8 Å². The van der Waals surface area contributed by atoms with Crippen LogP contribution in [0.4, 0.5) is 24.8 Å². The molecule has 1 aliphatic rings. The summed E-state index contributed by atoms with van der Waals surface area (Å²) >= 11 is 0. The number of likely N-dealkylation sites (tertiary alicyclic amines) is 1. The fraction of sp³-hybridized carbons (Fsp3) is 0.467. The molecule has 4 aromatic rings. The van der Waals surface area contributed by atoms with Crippen LogP contribution in [0.15, 0.2) is 49.4 Å². The molecule has 1 atom stereocenters. The smallest absolute Gasteiger partial charge is 0.422 e. The number of benzene rings is 1. The van der Waals surface area contributed by atoms with E-state index in [2.05, 4.69) is 41.4 Å². The van der Waals surface area contributed by atoms with Crippen molar-refractivity contribution in [2.75, 3.05) is 31.6 Å². The predicted octanol–water partition coefficient (Wildman–Crippen LogP) is 4.79. The number of alkyl halides is 3. The molecule has 0 spiro atoms. The lowest BCUT2D eigenvalue weighted by atomic mass is 10.0. The molecule has 0 amide bonds. The highest BCUT2D eigenvalue weighted by atomic mass is 35.5. The van der Waals surface area contributed by atoms with E-state index < -0.39 is 18.4 Å². The highest BCUT2D eigenvalue weighted by Gasteiger charge is 2.31. The summed E-state index contributed by atoms with van der Waals surface area (Å²) in [6, 6.07) is 7.19. The quantitative estimate of drug-likeness (QED) is 0.213. The molecule has 13 nitrogen and oxygen atoms in total. The van der Waals surface area contributed by atoms with Gasteiger partial charge in [-0.1, -0.05) is 6.07 Å². The molecule has 252 valence electrons. The zero-order chi connectivity index (χ0) is 32.9. The molecule has 47 heavy (non-hydrogen) atoms. The van der Waals surface area contributed by atoms with Crippen molar-refractivity contribution in [1.82, 2.24) is 39.4 Å². The Kier molecular flexibility index (Phi) is 11.3. The molecule has 1 fully saturated rings. The summed E-state index contributed by atoms with van der Waals surface area (Å²) in [5, 5.41) is 31.1. The van der Waals surface area contributed by atoms with Crippen molar-refractivity contribution in [3.63, 3.8) is 0 Å². The maximum Gasteiger partial charge on any atom is 0.422 e. The monoisotopic (exact) mass is 676 g/mol. The van der Waals surface area contributed by atoms with Gasteiger partial charge in [-0.2, -0.15) is 23.5 Å². The number of piperidine rings is 1. The summed E-state index contributed by atoms with van der Waals surface area (Å²) in [5.41, 5.74) is 1.07. The second kappa shape index (κ2) is 15.0. The number of aromatic nitrogens is 7. The van der Waals surface area contributed by atoms with Crippen LogP contribution in [-0.2, 0) is 6.54 Å². The van der Waals surface area contributed by atoms with Gasteiger partial charge in [0.1, 0.15) is 36.3 Å². The van der Waals surface area contributed by atoms with E-state index in [0.29, 0.717) is 61.5 Å². The van der Waals surface area contributed by atoms with E-state index in [9.17, 15) is 23.5 Å². The number of β-amino-alcohol motifs (C(OH)–C–C–N with tert-alkyl or cyclic N) is 1. The number of ether oxygens (including phenoxy) is 2. The maximum absolute atomic E-state index is 13.0. The summed E-state index contributed by atoms with van der Waals surface area (Å²) in [5.74, 6) is 0.309. The van der Waals surface area contributed by atoms with Crippen LogP contribution in [0.5, 0.6) is 11.6 Å². The minimum absolute atomic E-state index is 0. The fourth-order valence-corrected chi connectivity index (χ4v) is 5.19. The van der Waals surface area contributed by atoms with Crippen LogP contribution in [0.2, 0.25) is 0 Å². The van der Waals surface area contributed by atoms with Crippen LogP contribution in [-0.4, -0.2) is 88.6 Å². The van der Waals surface area contributed by atoms with Crippen LogP contribution in [0, 0.1) is 11.3 Å². The molecule has 3 aromatic heterocycles. The summed E-state index contributed by atoms with van der Waals surface area (Å²) in [6.07, 6.45) is 4.28. The van der Waals surface area contributed by atoms with E-state index in [-0.39, 0.29) is 42.1 Å². The molecule has 1 aliphatic heterocycles. The Balaban J connectivity index is 0.00000500. The Morgan fingerprint density at radius 3 is 2.49 bits per heavy atom. The zero-order valence-electron chi connectivity index (χ0n) is 26.1. The van der Waals surface area contributed by atoms with E-state index in [1.165, 1.54) is 6.33 Å². The highest BCUT2D eigenvalue weighted by Crippen LogP contribution is 2.32. The molecular formula is C30H36ClF3N10O3. The third kappa shape index (κ3) is 10.0. The van der Waals surface area contributed by atoms with Gasteiger partial charge in [-0.05, 0) is 51.3 Å². The number of rotatable bonds is 12. The van der Waals surface area contributed by atoms with Gasteiger partial charge < -0.3 is 24.8 Å². The Bertz CT molecular complexity index is 1630. The van der Waals surface area contributed by atoms with Gasteiger partial charge in [-0.3, -0.25) is 4.68 Å². The number of nitrogens with zero attached hydrogens (tertiary/aromatic N) is 9. The Morgan fingerprint density at radius 2 is 1.87 bits per heavy atom. The Hall–Kier alpha value is -4.46. The molecule has 0 unspecified atom stereocenters. The van der Waals surface area contributed by atoms with Crippen LogP contribution in [0.1, 0.15) is 45.2 Å². The summed E-state index contributed by atoms with van der Waals surface area (Å²) in [7, 11) is 0. The van der Waals surface area contributed by atoms with Gasteiger partial charge in [0, 0.05) is 37.6 Å². The normalized spacial score (nSPS) is 15.0. The lowest BCUT2D eigenvalue weighted by Crippen LogP contribution is -2.43. The van der Waals surface area contributed by atoms with Gasteiger partial charge in [-0.25, -0.2) is 19.6 Å². The number of aliphatic hydroxyl groups is 1.